The molecule has 0 heterocycles. The first-order valence-electron chi connectivity index (χ1n) is 22.1. The quantitative estimate of drug-likeness (QED) is 0.0579. The molecule has 0 radical (unpaired) electrons. The maximum absolute atomic E-state index is 12.6. The van der Waals surface area contributed by atoms with Crippen LogP contribution in [-0.2, 0) is 37.5 Å². The third-order valence-corrected chi connectivity index (χ3v) is 26.6. The first-order valence-corrected chi connectivity index (χ1v) is 36.0. The monoisotopic (exact) mass is 968 g/mol. The summed E-state index contributed by atoms with van der Waals surface area (Å²) in [4.78, 5) is 46.5. The van der Waals surface area contributed by atoms with E-state index in [9.17, 15) is 19.2 Å². The summed E-state index contributed by atoms with van der Waals surface area (Å²) < 4.78 is 22.0. The van der Waals surface area contributed by atoms with Crippen molar-refractivity contribution < 1.29 is 37.5 Å². The van der Waals surface area contributed by atoms with Gasteiger partial charge in [0.15, 0.2) is 34.9 Å². The second-order valence-corrected chi connectivity index (χ2v) is 42.1. The summed E-state index contributed by atoms with van der Waals surface area (Å²) in [5.41, 5.74) is 1.77. The number of ketones is 2. The number of methoxy groups -OCH3 is 2. The zero-order valence-corrected chi connectivity index (χ0v) is 47.3. The van der Waals surface area contributed by atoms with Gasteiger partial charge in [-0.25, -0.2) is 0 Å². The fourth-order valence-corrected chi connectivity index (χ4v) is 13.4. The number of esters is 2. The highest BCUT2D eigenvalue weighted by molar-refractivity contribution is 9.09. The predicted molar refractivity (Wildman–Crippen MR) is 270 cm³/mol. The van der Waals surface area contributed by atoms with Crippen LogP contribution in [-0.4, -0.2) is 94.8 Å². The van der Waals surface area contributed by atoms with E-state index in [1.807, 2.05) is 6.08 Å². The highest BCUT2D eigenvalue weighted by Crippen LogP contribution is 2.40. The third-order valence-electron chi connectivity index (χ3n) is 12.1. The Bertz CT molecular complexity index is 1550. The molecule has 0 N–H and O–H groups in total. The van der Waals surface area contributed by atoms with Gasteiger partial charge in [0.1, 0.15) is 0 Å². The van der Waals surface area contributed by atoms with Crippen LogP contribution in [0.4, 0.5) is 0 Å². The van der Waals surface area contributed by atoms with Gasteiger partial charge in [-0.3, -0.25) is 19.2 Å². The lowest BCUT2D eigenvalue weighted by Crippen LogP contribution is -2.43. The molecular weight excluding hydrogens is 884 g/mol. The highest BCUT2D eigenvalue weighted by atomic mass is 79.9. The second-order valence-electron chi connectivity index (χ2n) is 21.8. The number of hydrogen-bond acceptors (Lipinski definition) is 8. The van der Waals surface area contributed by atoms with Crippen molar-refractivity contribution in [1.82, 2.24) is 0 Å². The lowest BCUT2D eigenvalue weighted by molar-refractivity contribution is -0.141. The molecule has 2 atom stereocenters. The van der Waals surface area contributed by atoms with Crippen molar-refractivity contribution in [3.05, 3.63) is 45.7 Å². The van der Waals surface area contributed by atoms with Crippen LogP contribution in [0.2, 0.25) is 89.2 Å². The van der Waals surface area contributed by atoms with E-state index in [0.29, 0.717) is 37.7 Å². The zero-order chi connectivity index (χ0) is 47.1. The number of ether oxygens (including phenoxy) is 2. The molecule has 2 aliphatic carbocycles. The molecule has 0 aliphatic heterocycles. The molecule has 0 saturated heterocycles. The predicted octanol–water partition coefficient (Wildman–Crippen LogP) is 12.9. The van der Waals surface area contributed by atoms with Crippen molar-refractivity contribution in [2.45, 2.75) is 201 Å². The third kappa shape index (κ3) is 21.3. The van der Waals surface area contributed by atoms with Crippen LogP contribution in [0.5, 0.6) is 0 Å². The Hall–Kier alpha value is -1.43. The van der Waals surface area contributed by atoms with Crippen LogP contribution < -0.4 is 0 Å². The van der Waals surface area contributed by atoms with Crippen LogP contribution in [0.3, 0.4) is 0 Å². The number of Topliss-reactive ketones (excluding diaryl/α,β-unsaturated/α-hetero) is 2. The molecule has 2 rings (SSSR count). The van der Waals surface area contributed by atoms with Gasteiger partial charge in [-0.05, 0) is 86.1 Å². The lowest BCUT2D eigenvalue weighted by Gasteiger charge is -2.37. The number of allylic oxidation sites excluding steroid dienone is 5. The minimum atomic E-state index is -1.89. The van der Waals surface area contributed by atoms with Gasteiger partial charge in [0.05, 0.1) is 42.6 Å². The molecule has 0 bridgehead atoms. The summed E-state index contributed by atoms with van der Waals surface area (Å²) in [6, 6.07) is 0. The topological polar surface area (TPSA) is 105 Å². The van der Waals surface area contributed by atoms with Crippen LogP contribution in [0.25, 0.3) is 0 Å². The van der Waals surface area contributed by atoms with Gasteiger partial charge < -0.3 is 18.3 Å². The lowest BCUT2D eigenvalue weighted by atomic mass is 9.54. The Kier molecular flexibility index (Phi) is 24.6. The Balaban J connectivity index is 0.000000932. The zero-order valence-electron chi connectivity index (χ0n) is 41.8. The maximum Gasteiger partial charge on any atom is 0.305 e. The summed E-state index contributed by atoms with van der Waals surface area (Å²) in [6.07, 6.45) is 14.8. The minimum Gasteiger partial charge on any atom is -0.469 e. The molecule has 14 heteroatoms. The number of unbranched alkanes of at least 4 members (excludes halogenated alkanes) is 2. The molecule has 0 aromatic heterocycles. The van der Waals surface area contributed by atoms with Crippen LogP contribution in [0, 0.1) is 0 Å². The van der Waals surface area contributed by atoms with E-state index in [1.165, 1.54) is 19.4 Å². The molecule has 60 heavy (non-hydrogen) atoms. The molecule has 0 fully saturated rings. The summed E-state index contributed by atoms with van der Waals surface area (Å²) >= 11 is 3.33. The van der Waals surface area contributed by atoms with Crippen molar-refractivity contribution in [1.29, 1.82) is 0 Å². The molecule has 0 amide bonds. The van der Waals surface area contributed by atoms with Gasteiger partial charge in [-0.15, -0.1) is 5.10 Å². The molecule has 2 unspecified atom stereocenters. The van der Waals surface area contributed by atoms with E-state index < -0.39 is 32.8 Å². The number of hydrogen-bond donors (Lipinski definition) is 0. The van der Waals surface area contributed by atoms with Gasteiger partial charge in [-0.2, -0.15) is 0 Å². The molecule has 2 aliphatic rings. The van der Waals surface area contributed by atoms with Crippen molar-refractivity contribution in [3.63, 3.8) is 0 Å². The van der Waals surface area contributed by atoms with Crippen molar-refractivity contribution in [2.24, 2.45) is 0 Å². The van der Waals surface area contributed by atoms with Crippen LogP contribution in [0.15, 0.2) is 45.7 Å². The molecule has 0 aromatic rings. The standard InChI is InChI=1S/C22H40O4Si2.C12H25BO2Si.C12H21BrO2Si/c1-22(2,3)28(8,9)26-18-14-17(20(23)16-18)15-19(27(5,6)7)12-10-11-13-21(24)25-4;1-13(2)11(16(4,5)6)9-7-8-10-12(14)15-3;1-12(2,3)16(4,5)15-10-6-9(8-13)11(14)7-10/h12,14,18H,10-11,13,15-16H2,1-9H3;9H,7-8,10H2,1-6H3;6,10H,7-8H2,1-5H3/b19-12-;11-9-;. The Labute approximate surface area is 380 Å². The average Bonchev–Trinajstić information content (AvgIpc) is 3.62. The van der Waals surface area contributed by atoms with Crippen molar-refractivity contribution >= 4 is 78.9 Å². The molecule has 0 aromatic carbocycles. The molecule has 8 nitrogen and oxygen atoms in total. The molecular formula is C46H86BBrO8Si4. The fourth-order valence-electron chi connectivity index (χ4n) is 6.41. The number of alkyl halides is 1. The number of carbonyl (C=O) groups is 4. The molecule has 0 saturated carbocycles. The van der Waals surface area contributed by atoms with Gasteiger partial charge >= 0.3 is 11.9 Å². The van der Waals surface area contributed by atoms with Gasteiger partial charge in [0.25, 0.3) is 0 Å². The van der Waals surface area contributed by atoms with Gasteiger partial charge in [0, 0.05) is 36.6 Å². The summed E-state index contributed by atoms with van der Waals surface area (Å²) in [5, 5.41) is 3.96. The van der Waals surface area contributed by atoms with Crippen LogP contribution >= 0.6 is 15.9 Å². The Morgan fingerprint density at radius 1 is 0.683 bits per heavy atom. The first-order chi connectivity index (χ1) is 27.1. The SMILES string of the molecule is CC(C)(C)[Si](C)(C)OC1C=C(CBr)C(=O)C1.COC(=O)CCC/C=C(/B(C)C)[Si](C)(C)C.COC(=O)CCC/C=C(/CC1=CC(O[Si](C)(C)C(C)(C)C)CC1=O)[Si](C)(C)C. The van der Waals surface area contributed by atoms with E-state index in [-0.39, 0.29) is 45.8 Å². The Morgan fingerprint density at radius 3 is 1.38 bits per heavy atom. The minimum absolute atomic E-state index is 0.000872. The molecule has 344 valence electrons. The van der Waals surface area contributed by atoms with E-state index >= 15 is 0 Å². The number of rotatable bonds is 18. The van der Waals surface area contributed by atoms with Gasteiger partial charge in [-0.1, -0.05) is 128 Å². The maximum atomic E-state index is 12.6. The second kappa shape index (κ2) is 25.2. The van der Waals surface area contributed by atoms with Crippen LogP contribution in [0.1, 0.15) is 99.3 Å². The van der Waals surface area contributed by atoms with E-state index in [1.54, 1.807) is 5.10 Å². The number of carbonyl (C=O) groups excluding carboxylic acids is 4. The van der Waals surface area contributed by atoms with E-state index in [2.05, 4.69) is 160 Å². The van der Waals surface area contributed by atoms with Crippen molar-refractivity contribution in [2.75, 3.05) is 19.5 Å². The molecule has 0 spiro atoms. The highest BCUT2D eigenvalue weighted by Gasteiger charge is 2.42. The van der Waals surface area contributed by atoms with Gasteiger partial charge in [0.2, 0.25) is 0 Å². The Morgan fingerprint density at radius 2 is 1.07 bits per heavy atom. The summed E-state index contributed by atoms with van der Waals surface area (Å²) in [6.45, 7) is 41.4. The summed E-state index contributed by atoms with van der Waals surface area (Å²) in [7, 11) is -3.52. The smallest absolute Gasteiger partial charge is 0.305 e. The summed E-state index contributed by atoms with van der Waals surface area (Å²) in [5.74, 6) is 0.178. The van der Waals surface area contributed by atoms with Crippen molar-refractivity contribution in [3.8, 4) is 0 Å². The normalized spacial score (nSPS) is 18.2. The van der Waals surface area contributed by atoms with E-state index in [0.717, 1.165) is 43.3 Å². The largest absolute Gasteiger partial charge is 0.469 e. The average molecular weight is 970 g/mol. The fraction of sp³-hybridized carbons (Fsp3) is 0.739. The van der Waals surface area contributed by atoms with E-state index in [4.69, 9.17) is 13.6 Å². The first kappa shape index (κ1) is 58.6. The number of halogens is 1.